The molecule has 3 rings (SSSR count). The Bertz CT molecular complexity index is 735. The molecule has 126 valence electrons. The number of hydrogen-bond donors (Lipinski definition) is 1. The summed E-state index contributed by atoms with van der Waals surface area (Å²) < 4.78 is 5.66. The van der Waals surface area contributed by atoms with Gasteiger partial charge in [0.1, 0.15) is 5.76 Å². The zero-order valence-electron chi connectivity index (χ0n) is 13.9. The molecule has 2 aromatic rings. The van der Waals surface area contributed by atoms with E-state index >= 15 is 0 Å². The third-order valence-corrected chi connectivity index (χ3v) is 3.98. The molecule has 0 radical (unpaired) electrons. The lowest BCUT2D eigenvalue weighted by molar-refractivity contribution is -0.134. The zero-order chi connectivity index (χ0) is 17.1. The van der Waals surface area contributed by atoms with Crippen molar-refractivity contribution in [3.8, 4) is 11.5 Å². The number of nitrogens with one attached hydrogen (secondary N) is 1. The van der Waals surface area contributed by atoms with Crippen LogP contribution in [0.2, 0.25) is 0 Å². The third kappa shape index (κ3) is 4.01. The molecular formula is C18H21N3O3. The number of carbonyl (C=O) groups is 2. The second kappa shape index (κ2) is 6.86. The van der Waals surface area contributed by atoms with Gasteiger partial charge in [0.15, 0.2) is 0 Å². The molecular weight excluding hydrogens is 306 g/mol. The number of oxazole rings is 1. The molecule has 6 nitrogen and oxygen atoms in total. The first-order valence-electron chi connectivity index (χ1n) is 8.08. The van der Waals surface area contributed by atoms with Crippen molar-refractivity contribution >= 4 is 11.8 Å². The lowest BCUT2D eigenvalue weighted by Gasteiger charge is -2.16. The fourth-order valence-electron chi connectivity index (χ4n) is 2.38. The Hall–Kier alpha value is -2.63. The van der Waals surface area contributed by atoms with Gasteiger partial charge in [0.2, 0.25) is 17.7 Å². The number of hydrogen-bond acceptors (Lipinski definition) is 4. The minimum absolute atomic E-state index is 0.0672. The molecule has 0 aliphatic heterocycles. The Morgan fingerprint density at radius 2 is 2.00 bits per heavy atom. The van der Waals surface area contributed by atoms with Gasteiger partial charge < -0.3 is 14.6 Å². The molecule has 0 atom stereocenters. The van der Waals surface area contributed by atoms with Crippen molar-refractivity contribution in [2.75, 3.05) is 13.6 Å². The molecule has 6 heteroatoms. The predicted molar refractivity (Wildman–Crippen MR) is 89.2 cm³/mol. The van der Waals surface area contributed by atoms with E-state index in [-0.39, 0.29) is 24.8 Å². The van der Waals surface area contributed by atoms with Crippen LogP contribution in [0.5, 0.6) is 0 Å². The second-order valence-electron chi connectivity index (χ2n) is 6.16. The van der Waals surface area contributed by atoms with E-state index in [4.69, 9.17) is 4.42 Å². The highest BCUT2D eigenvalue weighted by Gasteiger charge is 2.24. The highest BCUT2D eigenvalue weighted by atomic mass is 16.4. The summed E-state index contributed by atoms with van der Waals surface area (Å²) in [6, 6.07) is 9.85. The maximum Gasteiger partial charge on any atom is 0.239 e. The van der Waals surface area contributed by atoms with Crippen LogP contribution in [0.15, 0.2) is 34.7 Å². The Kier molecular flexibility index (Phi) is 4.64. The summed E-state index contributed by atoms with van der Waals surface area (Å²) in [5, 5.41) is 2.87. The number of aryl methyl sites for hydroxylation is 1. The molecule has 0 spiro atoms. The first kappa shape index (κ1) is 16.2. The molecule has 1 heterocycles. The third-order valence-electron chi connectivity index (χ3n) is 3.98. The molecule has 0 unspecified atom stereocenters. The zero-order valence-corrected chi connectivity index (χ0v) is 13.9. The van der Waals surface area contributed by atoms with Gasteiger partial charge in [-0.05, 0) is 31.9 Å². The summed E-state index contributed by atoms with van der Waals surface area (Å²) in [7, 11) is 1.63. The maximum absolute atomic E-state index is 12.3. The number of amides is 2. The van der Waals surface area contributed by atoms with Gasteiger partial charge in [0.05, 0.1) is 18.7 Å². The lowest BCUT2D eigenvalue weighted by atomic mass is 10.2. The van der Waals surface area contributed by atoms with Crippen molar-refractivity contribution in [1.82, 2.24) is 15.2 Å². The highest BCUT2D eigenvalue weighted by Crippen LogP contribution is 2.22. The monoisotopic (exact) mass is 327 g/mol. The summed E-state index contributed by atoms with van der Waals surface area (Å²) >= 11 is 0. The standard InChI is InChI=1S/C18H21N3O3/c1-12-15(20-18(24-12)13-6-4-3-5-7-13)10-17(23)21(2)11-16(22)19-14-8-9-14/h3-7,14H,8-11H2,1-2H3,(H,19,22). The van der Waals surface area contributed by atoms with Crippen LogP contribution in [0.3, 0.4) is 0 Å². The van der Waals surface area contributed by atoms with Crippen molar-refractivity contribution < 1.29 is 14.0 Å². The van der Waals surface area contributed by atoms with Crippen LogP contribution in [0, 0.1) is 6.92 Å². The fraction of sp³-hybridized carbons (Fsp3) is 0.389. The summed E-state index contributed by atoms with van der Waals surface area (Å²) in [5.74, 6) is 0.857. The molecule has 0 bridgehead atoms. The van der Waals surface area contributed by atoms with Crippen molar-refractivity contribution in [2.45, 2.75) is 32.2 Å². The highest BCUT2D eigenvalue weighted by molar-refractivity contribution is 5.85. The van der Waals surface area contributed by atoms with E-state index in [2.05, 4.69) is 10.3 Å². The van der Waals surface area contributed by atoms with E-state index in [1.165, 1.54) is 4.90 Å². The van der Waals surface area contributed by atoms with Crippen molar-refractivity contribution in [2.24, 2.45) is 0 Å². The first-order valence-corrected chi connectivity index (χ1v) is 8.08. The van der Waals surface area contributed by atoms with Crippen LogP contribution in [-0.4, -0.2) is 41.3 Å². The Balaban J connectivity index is 1.61. The molecule has 0 saturated heterocycles. The second-order valence-corrected chi connectivity index (χ2v) is 6.16. The lowest BCUT2D eigenvalue weighted by Crippen LogP contribution is -2.39. The Morgan fingerprint density at radius 3 is 2.67 bits per heavy atom. The van der Waals surface area contributed by atoms with Gasteiger partial charge in [-0.25, -0.2) is 4.98 Å². The minimum Gasteiger partial charge on any atom is -0.441 e. The average molecular weight is 327 g/mol. The van der Waals surface area contributed by atoms with Crippen LogP contribution in [-0.2, 0) is 16.0 Å². The van der Waals surface area contributed by atoms with Gasteiger partial charge in [-0.2, -0.15) is 0 Å². The van der Waals surface area contributed by atoms with Crippen LogP contribution in [0.25, 0.3) is 11.5 Å². The van der Waals surface area contributed by atoms with Crippen LogP contribution < -0.4 is 5.32 Å². The smallest absolute Gasteiger partial charge is 0.239 e. The number of rotatable bonds is 6. The van der Waals surface area contributed by atoms with E-state index in [1.807, 2.05) is 30.3 Å². The molecule has 1 saturated carbocycles. The molecule has 1 aliphatic rings. The topological polar surface area (TPSA) is 75.4 Å². The average Bonchev–Trinajstić information content (AvgIpc) is 3.30. The summed E-state index contributed by atoms with van der Waals surface area (Å²) in [5.41, 5.74) is 1.48. The number of likely N-dealkylation sites (N-methyl/N-ethyl adjacent to an activating group) is 1. The van der Waals surface area contributed by atoms with Gasteiger partial charge in [0.25, 0.3) is 0 Å². The Morgan fingerprint density at radius 1 is 1.29 bits per heavy atom. The summed E-state index contributed by atoms with van der Waals surface area (Å²) in [6.45, 7) is 1.86. The van der Waals surface area contributed by atoms with Gasteiger partial charge in [0, 0.05) is 18.7 Å². The van der Waals surface area contributed by atoms with E-state index in [1.54, 1.807) is 14.0 Å². The van der Waals surface area contributed by atoms with Crippen molar-refractivity contribution in [3.63, 3.8) is 0 Å². The van der Waals surface area contributed by atoms with Gasteiger partial charge in [-0.1, -0.05) is 18.2 Å². The van der Waals surface area contributed by atoms with Gasteiger partial charge in [-0.3, -0.25) is 9.59 Å². The molecule has 24 heavy (non-hydrogen) atoms. The molecule has 1 aliphatic carbocycles. The largest absolute Gasteiger partial charge is 0.441 e. The van der Waals surface area contributed by atoms with Crippen LogP contribution in [0.4, 0.5) is 0 Å². The quantitative estimate of drug-likeness (QED) is 0.879. The van der Waals surface area contributed by atoms with Gasteiger partial charge >= 0.3 is 0 Å². The predicted octanol–water partition coefficient (Wildman–Crippen LogP) is 1.93. The van der Waals surface area contributed by atoms with Gasteiger partial charge in [-0.15, -0.1) is 0 Å². The molecule has 1 fully saturated rings. The van der Waals surface area contributed by atoms with Crippen molar-refractivity contribution in [3.05, 3.63) is 41.8 Å². The first-order chi connectivity index (χ1) is 11.5. The molecule has 1 aromatic carbocycles. The van der Waals surface area contributed by atoms with Crippen LogP contribution >= 0.6 is 0 Å². The number of nitrogens with zero attached hydrogens (tertiary/aromatic N) is 2. The summed E-state index contributed by atoms with van der Waals surface area (Å²) in [4.78, 5) is 29.9. The van der Waals surface area contributed by atoms with E-state index in [0.29, 0.717) is 23.4 Å². The SMILES string of the molecule is Cc1oc(-c2ccccc2)nc1CC(=O)N(C)CC(=O)NC1CC1. The summed E-state index contributed by atoms with van der Waals surface area (Å²) in [6.07, 6.45) is 2.18. The Labute approximate surface area is 140 Å². The molecule has 1 N–H and O–H groups in total. The molecule has 2 amide bonds. The van der Waals surface area contributed by atoms with Crippen molar-refractivity contribution in [1.29, 1.82) is 0 Å². The van der Waals surface area contributed by atoms with E-state index < -0.39 is 0 Å². The number of aromatic nitrogens is 1. The van der Waals surface area contributed by atoms with Crippen LogP contribution in [0.1, 0.15) is 24.3 Å². The number of carbonyl (C=O) groups excluding carboxylic acids is 2. The normalized spacial score (nSPS) is 13.6. The van der Waals surface area contributed by atoms with E-state index in [0.717, 1.165) is 18.4 Å². The fourth-order valence-corrected chi connectivity index (χ4v) is 2.38. The number of benzene rings is 1. The molecule has 1 aromatic heterocycles. The maximum atomic E-state index is 12.3. The van der Waals surface area contributed by atoms with E-state index in [9.17, 15) is 9.59 Å². The minimum atomic E-state index is -0.156.